The van der Waals surface area contributed by atoms with Gasteiger partial charge < -0.3 is 19.9 Å². The Morgan fingerprint density at radius 3 is 2.62 bits per heavy atom. The molecule has 0 saturated carbocycles. The van der Waals surface area contributed by atoms with Crippen LogP contribution in [0.5, 0.6) is 11.5 Å². The van der Waals surface area contributed by atoms with Crippen LogP contribution in [0.15, 0.2) is 24.3 Å². The summed E-state index contributed by atoms with van der Waals surface area (Å²) >= 11 is 0. The van der Waals surface area contributed by atoms with E-state index in [2.05, 4.69) is 0 Å². The van der Waals surface area contributed by atoms with Gasteiger partial charge in [0, 0.05) is 6.08 Å². The highest BCUT2D eigenvalue weighted by molar-refractivity contribution is 5.97. The van der Waals surface area contributed by atoms with Gasteiger partial charge in [-0.25, -0.2) is 9.59 Å². The van der Waals surface area contributed by atoms with Gasteiger partial charge in [-0.05, 0) is 29.7 Å². The topological polar surface area (TPSA) is 117 Å². The maximum atomic E-state index is 11.9. The van der Waals surface area contributed by atoms with Gasteiger partial charge in [0.15, 0.2) is 17.6 Å². The number of benzene rings is 1. The van der Waals surface area contributed by atoms with Crippen LogP contribution in [0.4, 0.5) is 4.79 Å². The fraction of sp³-hybridized carbons (Fsp3) is 0.312. The zero-order valence-corrected chi connectivity index (χ0v) is 13.3. The molecular weight excluding hydrogens is 316 g/mol. The van der Waals surface area contributed by atoms with Crippen LogP contribution in [0.2, 0.25) is 0 Å². The zero-order valence-electron chi connectivity index (χ0n) is 13.3. The summed E-state index contributed by atoms with van der Waals surface area (Å²) in [6, 6.07) is 4.19. The fourth-order valence-electron chi connectivity index (χ4n) is 2.03. The first kappa shape index (κ1) is 17.3. The summed E-state index contributed by atoms with van der Waals surface area (Å²) < 4.78 is 15.5. The van der Waals surface area contributed by atoms with Crippen molar-refractivity contribution in [2.45, 2.75) is 20.0 Å². The third-order valence-corrected chi connectivity index (χ3v) is 3.16. The summed E-state index contributed by atoms with van der Waals surface area (Å²) in [7, 11) is 0. The molecule has 3 amide bonds. The molecule has 8 heteroatoms. The minimum absolute atomic E-state index is 0.162. The highest BCUT2D eigenvalue weighted by atomic mass is 16.7. The zero-order chi connectivity index (χ0) is 17.7. The van der Waals surface area contributed by atoms with Crippen LogP contribution < -0.4 is 20.5 Å². The van der Waals surface area contributed by atoms with Crippen molar-refractivity contribution in [2.75, 3.05) is 6.79 Å². The molecule has 0 spiro atoms. The minimum atomic E-state index is -1.12. The molecule has 128 valence electrons. The Kier molecular flexibility index (Phi) is 5.41. The van der Waals surface area contributed by atoms with Crippen LogP contribution in [0.25, 0.3) is 6.08 Å². The lowest BCUT2D eigenvalue weighted by Gasteiger charge is -2.18. The smallest absolute Gasteiger partial charge is 0.331 e. The molecule has 0 aliphatic carbocycles. The maximum absolute atomic E-state index is 11.9. The Labute approximate surface area is 138 Å². The predicted molar refractivity (Wildman–Crippen MR) is 84.0 cm³/mol. The van der Waals surface area contributed by atoms with Crippen molar-refractivity contribution in [3.8, 4) is 11.5 Å². The summed E-state index contributed by atoms with van der Waals surface area (Å²) in [5, 5.41) is 1.90. The molecule has 1 atom stereocenters. The summed E-state index contributed by atoms with van der Waals surface area (Å²) in [4.78, 5) is 34.4. The normalized spacial score (nSPS) is 13.8. The van der Waals surface area contributed by atoms with E-state index in [0.717, 1.165) is 0 Å². The van der Waals surface area contributed by atoms with Crippen molar-refractivity contribution in [1.82, 2.24) is 5.32 Å². The van der Waals surface area contributed by atoms with Gasteiger partial charge in [-0.15, -0.1) is 0 Å². The standard InChI is InChI=1S/C16H18N2O6/c1-9(2)14(15(20)18-16(17)21)24-13(19)6-4-10-3-5-11-12(7-10)23-8-22-11/h3-7,9,14H,8H2,1-2H3,(H3,17,18,20,21). The fourth-order valence-corrected chi connectivity index (χ4v) is 2.03. The average molecular weight is 334 g/mol. The van der Waals surface area contributed by atoms with Crippen LogP contribution >= 0.6 is 0 Å². The molecule has 1 unspecified atom stereocenters. The van der Waals surface area contributed by atoms with E-state index >= 15 is 0 Å². The van der Waals surface area contributed by atoms with Crippen molar-refractivity contribution in [1.29, 1.82) is 0 Å². The van der Waals surface area contributed by atoms with Gasteiger partial charge in [-0.1, -0.05) is 19.9 Å². The van der Waals surface area contributed by atoms with Crippen molar-refractivity contribution < 1.29 is 28.6 Å². The third kappa shape index (κ3) is 4.48. The average Bonchev–Trinajstić information content (AvgIpc) is 2.97. The number of hydrogen-bond donors (Lipinski definition) is 2. The molecular formula is C16H18N2O6. The summed E-state index contributed by atoms with van der Waals surface area (Å²) in [6.07, 6.45) is 1.59. The van der Waals surface area contributed by atoms with E-state index in [1.165, 1.54) is 12.2 Å². The molecule has 0 radical (unpaired) electrons. The van der Waals surface area contributed by atoms with Gasteiger partial charge in [0.25, 0.3) is 5.91 Å². The quantitative estimate of drug-likeness (QED) is 0.617. The predicted octanol–water partition coefficient (Wildman–Crippen LogP) is 1.19. The van der Waals surface area contributed by atoms with Gasteiger partial charge in [0.2, 0.25) is 6.79 Å². The number of hydrogen-bond acceptors (Lipinski definition) is 6. The van der Waals surface area contributed by atoms with Crippen LogP contribution in [0.1, 0.15) is 19.4 Å². The molecule has 2 rings (SSSR count). The molecule has 1 aliphatic heterocycles. The Hall–Kier alpha value is -3.03. The Morgan fingerprint density at radius 2 is 1.96 bits per heavy atom. The van der Waals surface area contributed by atoms with Crippen molar-refractivity contribution in [3.05, 3.63) is 29.8 Å². The molecule has 3 N–H and O–H groups in total. The number of amides is 3. The van der Waals surface area contributed by atoms with Crippen molar-refractivity contribution >= 4 is 24.0 Å². The molecule has 1 aromatic rings. The van der Waals surface area contributed by atoms with Crippen LogP contribution in [-0.4, -0.2) is 30.8 Å². The third-order valence-electron chi connectivity index (χ3n) is 3.16. The van der Waals surface area contributed by atoms with Crippen LogP contribution in [0.3, 0.4) is 0 Å². The second kappa shape index (κ2) is 7.49. The van der Waals surface area contributed by atoms with Gasteiger partial charge >= 0.3 is 12.0 Å². The summed E-state index contributed by atoms with van der Waals surface area (Å²) in [5.74, 6) is -0.579. The molecule has 0 aromatic heterocycles. The van der Waals surface area contributed by atoms with E-state index in [4.69, 9.17) is 19.9 Å². The minimum Gasteiger partial charge on any atom is -0.454 e. The number of esters is 1. The van der Waals surface area contributed by atoms with Crippen LogP contribution in [-0.2, 0) is 14.3 Å². The van der Waals surface area contributed by atoms with Crippen molar-refractivity contribution in [2.24, 2.45) is 11.7 Å². The number of imide groups is 1. The van der Waals surface area contributed by atoms with E-state index in [1.54, 1.807) is 32.0 Å². The highest BCUT2D eigenvalue weighted by Crippen LogP contribution is 2.32. The molecule has 8 nitrogen and oxygen atoms in total. The lowest BCUT2D eigenvalue weighted by molar-refractivity contribution is -0.153. The number of fused-ring (bicyclic) bond motifs is 1. The van der Waals surface area contributed by atoms with Crippen LogP contribution in [0, 0.1) is 5.92 Å². The number of carbonyl (C=O) groups excluding carboxylic acids is 3. The highest BCUT2D eigenvalue weighted by Gasteiger charge is 2.26. The Bertz CT molecular complexity index is 683. The van der Waals surface area contributed by atoms with E-state index < -0.39 is 24.0 Å². The Balaban J connectivity index is 2.00. The molecule has 0 fully saturated rings. The number of ether oxygens (including phenoxy) is 3. The van der Waals surface area contributed by atoms with Gasteiger partial charge in [-0.2, -0.15) is 0 Å². The lowest BCUT2D eigenvalue weighted by atomic mass is 10.1. The second-order valence-corrected chi connectivity index (χ2v) is 5.40. The number of urea groups is 1. The van der Waals surface area contributed by atoms with E-state index in [-0.39, 0.29) is 12.7 Å². The van der Waals surface area contributed by atoms with Gasteiger partial charge in [0.1, 0.15) is 0 Å². The largest absolute Gasteiger partial charge is 0.454 e. The molecule has 1 aliphatic rings. The monoisotopic (exact) mass is 334 g/mol. The van der Waals surface area contributed by atoms with E-state index in [1.807, 2.05) is 5.32 Å². The molecule has 0 bridgehead atoms. The number of rotatable bonds is 5. The Morgan fingerprint density at radius 1 is 1.25 bits per heavy atom. The first-order valence-electron chi connectivity index (χ1n) is 7.25. The molecule has 0 saturated heterocycles. The molecule has 24 heavy (non-hydrogen) atoms. The molecule has 1 aromatic carbocycles. The van der Waals surface area contributed by atoms with Crippen molar-refractivity contribution in [3.63, 3.8) is 0 Å². The summed E-state index contributed by atoms with van der Waals surface area (Å²) in [6.45, 7) is 3.52. The number of nitrogens with two attached hydrogens (primary N) is 1. The molecule has 1 heterocycles. The first-order chi connectivity index (χ1) is 11.4. The second-order valence-electron chi connectivity index (χ2n) is 5.40. The van der Waals surface area contributed by atoms with Gasteiger partial charge in [-0.3, -0.25) is 10.1 Å². The maximum Gasteiger partial charge on any atom is 0.331 e. The number of primary amides is 1. The number of nitrogens with one attached hydrogen (secondary N) is 1. The SMILES string of the molecule is CC(C)C(OC(=O)C=Cc1ccc2c(c1)OCO2)C(=O)NC(N)=O. The van der Waals surface area contributed by atoms with Gasteiger partial charge in [0.05, 0.1) is 0 Å². The summed E-state index contributed by atoms with van der Waals surface area (Å²) in [5.41, 5.74) is 5.60. The van der Waals surface area contributed by atoms with E-state index in [9.17, 15) is 14.4 Å². The van der Waals surface area contributed by atoms with E-state index in [0.29, 0.717) is 17.1 Å². The number of carbonyl (C=O) groups is 3. The lowest BCUT2D eigenvalue weighted by Crippen LogP contribution is -2.45. The first-order valence-corrected chi connectivity index (χ1v) is 7.25.